The molecule has 2 N–H and O–H groups in total. The number of rotatable bonds is 5. The highest BCUT2D eigenvalue weighted by atomic mass is 35.5. The molecule has 0 saturated heterocycles. The summed E-state index contributed by atoms with van der Waals surface area (Å²) in [5.74, 6) is 0.113. The first-order valence-corrected chi connectivity index (χ1v) is 7.33. The number of nitrogens with one attached hydrogen (secondary N) is 1. The van der Waals surface area contributed by atoms with Crippen LogP contribution in [0.25, 0.3) is 0 Å². The summed E-state index contributed by atoms with van der Waals surface area (Å²) in [6, 6.07) is 4.72. The van der Waals surface area contributed by atoms with E-state index in [4.69, 9.17) is 14.0 Å². The van der Waals surface area contributed by atoms with Crippen molar-refractivity contribution in [3.8, 4) is 5.75 Å². The zero-order valence-electron chi connectivity index (χ0n) is 11.2. The van der Waals surface area contributed by atoms with E-state index in [1.165, 1.54) is 12.1 Å². The van der Waals surface area contributed by atoms with Crippen molar-refractivity contribution in [1.82, 2.24) is 4.98 Å². The van der Waals surface area contributed by atoms with Crippen molar-refractivity contribution in [3.05, 3.63) is 43.0 Å². The molecular formula is C12H13ClN2O6S. The molecule has 0 saturated carbocycles. The highest BCUT2D eigenvalue weighted by Crippen LogP contribution is 2.16. The van der Waals surface area contributed by atoms with Crippen LogP contribution >= 0.6 is 0 Å². The van der Waals surface area contributed by atoms with Crippen molar-refractivity contribution < 1.29 is 44.2 Å². The molecule has 0 atom stereocenters. The average molecular weight is 349 g/mol. The Kier molecular flexibility index (Phi) is 6.35. The second-order valence-corrected chi connectivity index (χ2v) is 5.42. The molecule has 2 aromatic rings. The summed E-state index contributed by atoms with van der Waals surface area (Å²) in [6.07, 6.45) is 4.33. The third-order valence-corrected chi connectivity index (χ3v) is 3.36. The number of imidazole rings is 1. The monoisotopic (exact) mass is 348 g/mol. The van der Waals surface area contributed by atoms with Gasteiger partial charge in [0.1, 0.15) is 31.3 Å². The number of ether oxygens (including phenoxy) is 2. The SMILES string of the molecule is O=C(OCC[n+]1cc[nH]c1)Oc1ccc(S(=O)(=O)O)cc1.[Cl-]. The van der Waals surface area contributed by atoms with Crippen LogP contribution in [0.5, 0.6) is 5.75 Å². The van der Waals surface area contributed by atoms with Crippen LogP contribution in [0.3, 0.4) is 0 Å². The molecule has 0 aliphatic carbocycles. The first-order chi connectivity index (χ1) is 9.95. The minimum Gasteiger partial charge on any atom is -1.00 e. The molecule has 0 spiro atoms. The Hall–Kier alpha value is -2.10. The Morgan fingerprint density at radius 3 is 2.50 bits per heavy atom. The van der Waals surface area contributed by atoms with E-state index >= 15 is 0 Å². The molecular weight excluding hydrogens is 336 g/mol. The Balaban J connectivity index is 0.00000242. The molecule has 8 nitrogen and oxygen atoms in total. The van der Waals surface area contributed by atoms with Crippen LogP contribution in [-0.2, 0) is 21.4 Å². The number of carbonyl (C=O) groups is 1. The van der Waals surface area contributed by atoms with Gasteiger partial charge in [0.15, 0.2) is 0 Å². The number of aromatic nitrogens is 2. The predicted octanol–water partition coefficient (Wildman–Crippen LogP) is -2.23. The van der Waals surface area contributed by atoms with Gasteiger partial charge in [0.2, 0.25) is 6.33 Å². The van der Waals surface area contributed by atoms with Crippen molar-refractivity contribution >= 4 is 16.3 Å². The van der Waals surface area contributed by atoms with Crippen LogP contribution in [0.1, 0.15) is 0 Å². The van der Waals surface area contributed by atoms with Crippen molar-refractivity contribution in [1.29, 1.82) is 0 Å². The average Bonchev–Trinajstić information content (AvgIpc) is 2.91. The van der Waals surface area contributed by atoms with Crippen molar-refractivity contribution in [3.63, 3.8) is 0 Å². The topological polar surface area (TPSA) is 110 Å². The van der Waals surface area contributed by atoms with E-state index in [0.29, 0.717) is 6.54 Å². The predicted molar refractivity (Wildman–Crippen MR) is 69.2 cm³/mol. The molecule has 10 heteroatoms. The quantitative estimate of drug-likeness (QED) is 0.274. The second-order valence-electron chi connectivity index (χ2n) is 4.00. The van der Waals surface area contributed by atoms with Gasteiger partial charge >= 0.3 is 6.16 Å². The lowest BCUT2D eigenvalue weighted by atomic mass is 10.3. The minimum atomic E-state index is -4.26. The van der Waals surface area contributed by atoms with Gasteiger partial charge in [0.25, 0.3) is 10.1 Å². The molecule has 0 amide bonds. The number of H-pyrrole nitrogens is 1. The fourth-order valence-electron chi connectivity index (χ4n) is 1.50. The van der Waals surface area contributed by atoms with Gasteiger partial charge in [-0.25, -0.2) is 9.36 Å². The van der Waals surface area contributed by atoms with Crippen LogP contribution in [0.2, 0.25) is 0 Å². The molecule has 1 heterocycles. The fourth-order valence-corrected chi connectivity index (χ4v) is 1.98. The highest BCUT2D eigenvalue weighted by Gasteiger charge is 2.11. The standard InChI is InChI=1S/C12H12N2O6S.ClH/c15-12(19-8-7-14-6-5-13-9-14)20-10-1-3-11(4-2-10)21(16,17)18;/h1-6,9H,7-8H2,(H,16,17,18);1H. The molecule has 120 valence electrons. The second kappa shape index (κ2) is 7.78. The van der Waals surface area contributed by atoms with Crippen molar-refractivity contribution in [2.24, 2.45) is 0 Å². The number of benzene rings is 1. The van der Waals surface area contributed by atoms with E-state index < -0.39 is 16.3 Å². The van der Waals surface area contributed by atoms with Crippen molar-refractivity contribution in [2.45, 2.75) is 11.4 Å². The summed E-state index contributed by atoms with van der Waals surface area (Å²) in [7, 11) is -4.26. The highest BCUT2D eigenvalue weighted by molar-refractivity contribution is 7.85. The lowest BCUT2D eigenvalue weighted by Crippen LogP contribution is -3.00. The summed E-state index contributed by atoms with van der Waals surface area (Å²) >= 11 is 0. The summed E-state index contributed by atoms with van der Waals surface area (Å²) in [4.78, 5) is 14.0. The van der Waals surface area contributed by atoms with Crippen LogP contribution in [0.4, 0.5) is 4.79 Å². The molecule has 0 aliphatic rings. The van der Waals surface area contributed by atoms with Gasteiger partial charge in [-0.2, -0.15) is 8.42 Å². The normalized spacial score (nSPS) is 10.6. The molecule has 0 aliphatic heterocycles. The van der Waals surface area contributed by atoms with Gasteiger partial charge in [-0.15, -0.1) is 0 Å². The third-order valence-electron chi connectivity index (χ3n) is 2.49. The molecule has 0 radical (unpaired) electrons. The third kappa shape index (κ3) is 5.35. The maximum Gasteiger partial charge on any atom is 0.513 e. The van der Waals surface area contributed by atoms with Gasteiger partial charge in [0.05, 0.1) is 4.90 Å². The van der Waals surface area contributed by atoms with Gasteiger partial charge in [-0.3, -0.25) is 9.54 Å². The minimum absolute atomic E-state index is 0. The number of nitrogens with zero attached hydrogens (tertiary/aromatic N) is 1. The summed E-state index contributed by atoms with van der Waals surface area (Å²) < 4.78 is 42.0. The first kappa shape index (κ1) is 18.0. The molecule has 0 unspecified atom stereocenters. The Morgan fingerprint density at radius 2 is 1.95 bits per heavy atom. The largest absolute Gasteiger partial charge is 1.00 e. The number of carbonyl (C=O) groups excluding carboxylic acids is 1. The number of halogens is 1. The molecule has 2 rings (SSSR count). The molecule has 0 bridgehead atoms. The van der Waals surface area contributed by atoms with Crippen LogP contribution in [-0.4, -0.2) is 30.7 Å². The smallest absolute Gasteiger partial charge is 0.513 e. The van der Waals surface area contributed by atoms with Crippen LogP contribution in [0, 0.1) is 0 Å². The van der Waals surface area contributed by atoms with E-state index in [-0.39, 0.29) is 29.7 Å². The van der Waals surface area contributed by atoms with Gasteiger partial charge in [-0.1, -0.05) is 0 Å². The molecule has 22 heavy (non-hydrogen) atoms. The van der Waals surface area contributed by atoms with E-state index in [0.717, 1.165) is 12.1 Å². The number of hydrogen-bond acceptors (Lipinski definition) is 5. The maximum absolute atomic E-state index is 11.4. The zero-order chi connectivity index (χ0) is 15.3. The van der Waals surface area contributed by atoms with E-state index in [9.17, 15) is 13.2 Å². The summed E-state index contributed by atoms with van der Waals surface area (Å²) in [5.41, 5.74) is 0. The first-order valence-electron chi connectivity index (χ1n) is 5.89. The summed E-state index contributed by atoms with van der Waals surface area (Å²) in [6.45, 7) is 0.602. The van der Waals surface area contributed by atoms with Crippen molar-refractivity contribution in [2.75, 3.05) is 6.61 Å². The Morgan fingerprint density at radius 1 is 1.27 bits per heavy atom. The number of hydrogen-bond donors (Lipinski definition) is 2. The Labute approximate surface area is 132 Å². The van der Waals surface area contributed by atoms with Crippen LogP contribution < -0.4 is 21.7 Å². The molecule has 1 aromatic carbocycles. The van der Waals surface area contributed by atoms with E-state index in [1.807, 2.05) is 0 Å². The van der Waals surface area contributed by atoms with E-state index in [1.54, 1.807) is 23.3 Å². The van der Waals surface area contributed by atoms with Gasteiger partial charge in [0, 0.05) is 0 Å². The lowest BCUT2D eigenvalue weighted by molar-refractivity contribution is -0.696. The van der Waals surface area contributed by atoms with Gasteiger partial charge < -0.3 is 21.9 Å². The molecule has 1 aromatic heterocycles. The lowest BCUT2D eigenvalue weighted by Gasteiger charge is -2.05. The fraction of sp³-hybridized carbons (Fsp3) is 0.167. The summed E-state index contributed by atoms with van der Waals surface area (Å²) in [5, 5.41) is 0. The van der Waals surface area contributed by atoms with Gasteiger partial charge in [-0.05, 0) is 24.3 Å². The maximum atomic E-state index is 11.4. The van der Waals surface area contributed by atoms with E-state index in [2.05, 4.69) is 4.98 Å². The molecule has 0 fully saturated rings. The Bertz CT molecular complexity index is 700. The number of aromatic amines is 1. The van der Waals surface area contributed by atoms with Crippen LogP contribution in [0.15, 0.2) is 47.9 Å². The zero-order valence-corrected chi connectivity index (χ0v) is 12.7.